The molecule has 0 aliphatic carbocycles. The minimum absolute atomic E-state index is 0.123. The molecule has 0 aliphatic heterocycles. The summed E-state index contributed by atoms with van der Waals surface area (Å²) < 4.78 is 0. The largest absolute Gasteiger partial charge is 0.478 e. The first-order chi connectivity index (χ1) is 9.45. The van der Waals surface area contributed by atoms with E-state index in [1.54, 1.807) is 30.3 Å². The predicted molar refractivity (Wildman–Crippen MR) is 78.2 cm³/mol. The maximum absolute atomic E-state index is 11.0. The summed E-state index contributed by atoms with van der Waals surface area (Å²) in [4.78, 5) is 22.1. The number of hydrogen-bond donors (Lipinski definition) is 2. The molecule has 0 saturated carbocycles. The first kappa shape index (κ1) is 14.1. The number of carboxylic acids is 1. The van der Waals surface area contributed by atoms with Gasteiger partial charge < -0.3 is 10.4 Å². The zero-order chi connectivity index (χ0) is 14.7. The van der Waals surface area contributed by atoms with Gasteiger partial charge in [-0.2, -0.15) is 0 Å². The van der Waals surface area contributed by atoms with Gasteiger partial charge in [0, 0.05) is 17.6 Å². The van der Waals surface area contributed by atoms with Gasteiger partial charge in [-0.15, -0.1) is 0 Å². The van der Waals surface area contributed by atoms with Crippen molar-refractivity contribution in [3.63, 3.8) is 0 Å². The van der Waals surface area contributed by atoms with E-state index in [9.17, 15) is 9.59 Å². The maximum Gasteiger partial charge on any atom is 0.335 e. The number of amides is 1. The standard InChI is InChI=1S/C15H12ClNO3/c1-9(18)17-14-4-2-3-10(8-14)11-5-12(15(19)20)7-13(16)6-11/h2-8H,1H3,(H,17,18)(H,19,20). The third kappa shape index (κ3) is 3.36. The number of benzene rings is 2. The fraction of sp³-hybridized carbons (Fsp3) is 0.0667. The Morgan fingerprint density at radius 3 is 2.50 bits per heavy atom. The Kier molecular flexibility index (Phi) is 4.05. The van der Waals surface area contributed by atoms with Crippen LogP contribution in [-0.2, 0) is 4.79 Å². The Hall–Kier alpha value is -2.33. The summed E-state index contributed by atoms with van der Waals surface area (Å²) in [6.45, 7) is 1.43. The second kappa shape index (κ2) is 5.75. The van der Waals surface area contributed by atoms with E-state index < -0.39 is 5.97 Å². The van der Waals surface area contributed by atoms with E-state index >= 15 is 0 Å². The van der Waals surface area contributed by atoms with E-state index in [-0.39, 0.29) is 11.5 Å². The number of nitrogens with one attached hydrogen (secondary N) is 1. The van der Waals surface area contributed by atoms with Crippen molar-refractivity contribution in [3.8, 4) is 11.1 Å². The third-order valence-electron chi connectivity index (χ3n) is 2.66. The number of rotatable bonds is 3. The molecule has 4 nitrogen and oxygen atoms in total. The Bertz CT molecular complexity index is 683. The van der Waals surface area contributed by atoms with Crippen LogP contribution in [0.4, 0.5) is 5.69 Å². The van der Waals surface area contributed by atoms with Gasteiger partial charge in [-0.3, -0.25) is 4.79 Å². The summed E-state index contributed by atoms with van der Waals surface area (Å²) in [6.07, 6.45) is 0. The second-order valence-electron chi connectivity index (χ2n) is 4.30. The van der Waals surface area contributed by atoms with Crippen molar-refractivity contribution in [1.29, 1.82) is 0 Å². The van der Waals surface area contributed by atoms with Crippen molar-refractivity contribution in [2.24, 2.45) is 0 Å². The minimum atomic E-state index is -1.04. The Labute approximate surface area is 121 Å². The number of carbonyl (C=O) groups is 2. The van der Waals surface area contributed by atoms with Gasteiger partial charge in [0.1, 0.15) is 0 Å². The van der Waals surface area contributed by atoms with Crippen LogP contribution in [-0.4, -0.2) is 17.0 Å². The van der Waals surface area contributed by atoms with Crippen LogP contribution in [0, 0.1) is 0 Å². The molecule has 5 heteroatoms. The highest BCUT2D eigenvalue weighted by molar-refractivity contribution is 6.31. The molecule has 0 aliphatic rings. The zero-order valence-electron chi connectivity index (χ0n) is 10.7. The van der Waals surface area contributed by atoms with Crippen LogP contribution in [0.1, 0.15) is 17.3 Å². The van der Waals surface area contributed by atoms with E-state index in [4.69, 9.17) is 16.7 Å². The Balaban J connectivity index is 2.45. The molecule has 0 unspecified atom stereocenters. The van der Waals surface area contributed by atoms with Crippen LogP contribution >= 0.6 is 11.6 Å². The van der Waals surface area contributed by atoms with Crippen molar-refractivity contribution in [3.05, 3.63) is 53.1 Å². The number of aromatic carboxylic acids is 1. The number of hydrogen-bond acceptors (Lipinski definition) is 2. The van der Waals surface area contributed by atoms with E-state index in [2.05, 4.69) is 5.32 Å². The number of halogens is 1. The lowest BCUT2D eigenvalue weighted by atomic mass is 10.0. The molecule has 102 valence electrons. The molecular weight excluding hydrogens is 278 g/mol. The molecule has 0 atom stereocenters. The molecule has 2 rings (SSSR count). The highest BCUT2D eigenvalue weighted by atomic mass is 35.5. The summed E-state index contributed by atoms with van der Waals surface area (Å²) in [6, 6.07) is 11.7. The normalized spacial score (nSPS) is 10.1. The van der Waals surface area contributed by atoms with Gasteiger partial charge in [-0.05, 0) is 41.5 Å². The van der Waals surface area contributed by atoms with Crippen LogP contribution < -0.4 is 5.32 Å². The topological polar surface area (TPSA) is 66.4 Å². The SMILES string of the molecule is CC(=O)Nc1cccc(-c2cc(Cl)cc(C(=O)O)c2)c1. The highest BCUT2D eigenvalue weighted by Gasteiger charge is 2.08. The summed E-state index contributed by atoms with van der Waals surface area (Å²) in [5.74, 6) is -1.20. The lowest BCUT2D eigenvalue weighted by Crippen LogP contribution is -2.05. The minimum Gasteiger partial charge on any atom is -0.478 e. The molecule has 0 spiro atoms. The fourth-order valence-electron chi connectivity index (χ4n) is 1.86. The van der Waals surface area contributed by atoms with Gasteiger partial charge in [-0.25, -0.2) is 4.79 Å². The van der Waals surface area contributed by atoms with Crippen LogP contribution in [0.2, 0.25) is 5.02 Å². The lowest BCUT2D eigenvalue weighted by Gasteiger charge is -2.07. The van der Waals surface area contributed by atoms with Crippen LogP contribution in [0.5, 0.6) is 0 Å². The van der Waals surface area contributed by atoms with Crippen molar-refractivity contribution in [2.45, 2.75) is 6.92 Å². The summed E-state index contributed by atoms with van der Waals surface area (Å²) in [5.41, 5.74) is 2.23. The van der Waals surface area contributed by atoms with Crippen molar-refractivity contribution in [1.82, 2.24) is 0 Å². The lowest BCUT2D eigenvalue weighted by molar-refractivity contribution is -0.114. The summed E-state index contributed by atoms with van der Waals surface area (Å²) >= 11 is 5.94. The number of anilines is 1. The smallest absolute Gasteiger partial charge is 0.335 e. The summed E-state index contributed by atoms with van der Waals surface area (Å²) in [5, 5.41) is 12.1. The van der Waals surface area contributed by atoms with Gasteiger partial charge in [0.25, 0.3) is 0 Å². The molecule has 2 aromatic rings. The van der Waals surface area contributed by atoms with Crippen LogP contribution in [0.15, 0.2) is 42.5 Å². The first-order valence-corrected chi connectivity index (χ1v) is 6.25. The highest BCUT2D eigenvalue weighted by Crippen LogP contribution is 2.27. The van der Waals surface area contributed by atoms with Crippen LogP contribution in [0.3, 0.4) is 0 Å². The monoisotopic (exact) mass is 289 g/mol. The van der Waals surface area contributed by atoms with Crippen LogP contribution in [0.25, 0.3) is 11.1 Å². The van der Waals surface area contributed by atoms with E-state index in [0.717, 1.165) is 5.56 Å². The predicted octanol–water partition coefficient (Wildman–Crippen LogP) is 3.66. The Morgan fingerprint density at radius 2 is 1.85 bits per heavy atom. The van der Waals surface area contributed by atoms with Crippen molar-refractivity contribution in [2.75, 3.05) is 5.32 Å². The van der Waals surface area contributed by atoms with Gasteiger partial charge in [0.15, 0.2) is 0 Å². The third-order valence-corrected chi connectivity index (χ3v) is 2.88. The molecule has 0 bridgehead atoms. The van der Waals surface area contributed by atoms with Crippen molar-refractivity contribution >= 4 is 29.2 Å². The van der Waals surface area contributed by atoms with Gasteiger partial charge in [0.2, 0.25) is 5.91 Å². The average Bonchev–Trinajstić information content (AvgIpc) is 2.37. The number of carbonyl (C=O) groups excluding carboxylic acids is 1. The first-order valence-electron chi connectivity index (χ1n) is 5.87. The molecular formula is C15H12ClNO3. The Morgan fingerprint density at radius 1 is 1.10 bits per heavy atom. The number of carboxylic acid groups (broad SMARTS) is 1. The molecule has 0 aromatic heterocycles. The van der Waals surface area contributed by atoms with Gasteiger partial charge >= 0.3 is 5.97 Å². The second-order valence-corrected chi connectivity index (χ2v) is 4.73. The molecule has 2 N–H and O–H groups in total. The summed E-state index contributed by atoms with van der Waals surface area (Å²) in [7, 11) is 0. The van der Waals surface area contributed by atoms with Gasteiger partial charge in [0.05, 0.1) is 5.56 Å². The molecule has 0 heterocycles. The zero-order valence-corrected chi connectivity index (χ0v) is 11.4. The molecule has 0 radical (unpaired) electrons. The van der Waals surface area contributed by atoms with Crippen molar-refractivity contribution < 1.29 is 14.7 Å². The molecule has 0 fully saturated rings. The quantitative estimate of drug-likeness (QED) is 0.906. The van der Waals surface area contributed by atoms with Gasteiger partial charge in [-0.1, -0.05) is 23.7 Å². The van der Waals surface area contributed by atoms with E-state index in [0.29, 0.717) is 16.3 Å². The van der Waals surface area contributed by atoms with E-state index in [1.807, 2.05) is 6.07 Å². The molecule has 20 heavy (non-hydrogen) atoms. The molecule has 1 amide bonds. The fourth-order valence-corrected chi connectivity index (χ4v) is 2.09. The van der Waals surface area contributed by atoms with E-state index in [1.165, 1.54) is 13.0 Å². The average molecular weight is 290 g/mol. The maximum atomic E-state index is 11.0. The molecule has 0 saturated heterocycles. The molecule has 2 aromatic carbocycles.